The monoisotopic (exact) mass is 465 g/mol. The average molecular weight is 466 g/mol. The number of ether oxygens (including phenoxy) is 1. The zero-order valence-electron chi connectivity index (χ0n) is 18.5. The summed E-state index contributed by atoms with van der Waals surface area (Å²) in [6.45, 7) is 5.94. The quantitative estimate of drug-likeness (QED) is 0.553. The van der Waals surface area contributed by atoms with E-state index in [1.807, 2.05) is 43.3 Å². The van der Waals surface area contributed by atoms with Gasteiger partial charge in [-0.25, -0.2) is 8.42 Å². The first-order chi connectivity index (χ1) is 15.9. The number of nitrogens with zero attached hydrogens (tertiary/aromatic N) is 1. The van der Waals surface area contributed by atoms with Gasteiger partial charge in [-0.15, -0.1) is 0 Å². The fourth-order valence-electron chi connectivity index (χ4n) is 3.61. The number of anilines is 2. The lowest BCUT2D eigenvalue weighted by atomic mass is 10.1. The van der Waals surface area contributed by atoms with Gasteiger partial charge in [0, 0.05) is 36.6 Å². The summed E-state index contributed by atoms with van der Waals surface area (Å²) in [4.78, 5) is 15.2. The SMILES string of the molecule is Cc1ccc(NS(=O)(=O)c2cccc(C(=O)Nc3cccc(CN4CCOCC4)c3)c2)cc1. The second kappa shape index (κ2) is 10.2. The number of nitrogens with one attached hydrogen (secondary N) is 2. The third-order valence-corrected chi connectivity index (χ3v) is 6.78. The summed E-state index contributed by atoms with van der Waals surface area (Å²) in [5.41, 5.74) is 3.52. The molecule has 1 heterocycles. The smallest absolute Gasteiger partial charge is 0.261 e. The number of hydrogen-bond donors (Lipinski definition) is 2. The van der Waals surface area contributed by atoms with Gasteiger partial charge in [-0.05, 0) is 55.0 Å². The number of hydrogen-bond acceptors (Lipinski definition) is 5. The Kier molecular flexibility index (Phi) is 7.08. The molecule has 1 amide bonds. The number of rotatable bonds is 7. The molecule has 0 spiro atoms. The Morgan fingerprint density at radius 1 is 0.939 bits per heavy atom. The molecule has 8 heteroatoms. The first-order valence-corrected chi connectivity index (χ1v) is 12.3. The molecular weight excluding hydrogens is 438 g/mol. The number of carbonyl (C=O) groups excluding carboxylic acids is 1. The minimum absolute atomic E-state index is 0.0248. The lowest BCUT2D eigenvalue weighted by Gasteiger charge is -2.26. The topological polar surface area (TPSA) is 87.7 Å². The Balaban J connectivity index is 1.45. The molecule has 2 N–H and O–H groups in total. The van der Waals surface area contributed by atoms with Gasteiger partial charge in [-0.1, -0.05) is 35.9 Å². The summed E-state index contributed by atoms with van der Waals surface area (Å²) in [6, 6.07) is 20.7. The Morgan fingerprint density at radius 3 is 2.42 bits per heavy atom. The van der Waals surface area contributed by atoms with Crippen molar-refractivity contribution in [2.24, 2.45) is 0 Å². The fourth-order valence-corrected chi connectivity index (χ4v) is 4.71. The molecule has 4 rings (SSSR count). The van der Waals surface area contributed by atoms with Crippen LogP contribution in [0.3, 0.4) is 0 Å². The predicted molar refractivity (Wildman–Crippen MR) is 129 cm³/mol. The Hall–Kier alpha value is -3.20. The molecule has 1 aliphatic heterocycles. The minimum Gasteiger partial charge on any atom is -0.379 e. The predicted octanol–water partition coefficient (Wildman–Crippen LogP) is 3.88. The maximum absolute atomic E-state index is 12.8. The van der Waals surface area contributed by atoms with Gasteiger partial charge in [-0.2, -0.15) is 0 Å². The molecule has 0 aliphatic carbocycles. The molecule has 0 bridgehead atoms. The highest BCUT2D eigenvalue weighted by Gasteiger charge is 2.17. The standard InChI is InChI=1S/C25H27N3O4S/c1-19-8-10-22(11-9-19)27-33(30,31)24-7-3-5-21(17-24)25(29)26-23-6-2-4-20(16-23)18-28-12-14-32-15-13-28/h2-11,16-17,27H,12-15,18H2,1H3,(H,26,29). The normalized spacial score (nSPS) is 14.6. The fraction of sp³-hybridized carbons (Fsp3) is 0.240. The van der Waals surface area contributed by atoms with E-state index < -0.39 is 10.0 Å². The van der Waals surface area contributed by atoms with Gasteiger partial charge in [0.25, 0.3) is 15.9 Å². The maximum Gasteiger partial charge on any atom is 0.261 e. The third kappa shape index (κ3) is 6.19. The molecule has 0 atom stereocenters. The first-order valence-electron chi connectivity index (χ1n) is 10.8. The Labute approximate surface area is 194 Å². The van der Waals surface area contributed by atoms with Crippen LogP contribution in [0.1, 0.15) is 21.5 Å². The van der Waals surface area contributed by atoms with Gasteiger partial charge in [0.15, 0.2) is 0 Å². The van der Waals surface area contributed by atoms with Crippen molar-refractivity contribution in [1.29, 1.82) is 0 Å². The first kappa shape index (κ1) is 23.0. The van der Waals surface area contributed by atoms with Crippen molar-refractivity contribution in [3.8, 4) is 0 Å². The number of benzene rings is 3. The van der Waals surface area contributed by atoms with Gasteiger partial charge in [0.2, 0.25) is 0 Å². The van der Waals surface area contributed by atoms with Crippen LogP contribution in [0, 0.1) is 6.92 Å². The molecule has 1 fully saturated rings. The van der Waals surface area contributed by atoms with Gasteiger partial charge in [-0.3, -0.25) is 14.4 Å². The highest BCUT2D eigenvalue weighted by atomic mass is 32.2. The van der Waals surface area contributed by atoms with E-state index in [4.69, 9.17) is 4.74 Å². The molecule has 3 aromatic carbocycles. The summed E-state index contributed by atoms with van der Waals surface area (Å²) in [6.07, 6.45) is 0. The molecule has 0 aromatic heterocycles. The number of aryl methyl sites for hydroxylation is 1. The van der Waals surface area contributed by atoms with E-state index >= 15 is 0 Å². The zero-order valence-corrected chi connectivity index (χ0v) is 19.3. The van der Waals surface area contributed by atoms with E-state index in [1.54, 1.807) is 24.3 Å². The molecule has 1 aliphatic rings. The van der Waals surface area contributed by atoms with E-state index in [1.165, 1.54) is 12.1 Å². The van der Waals surface area contributed by atoms with Gasteiger partial charge >= 0.3 is 0 Å². The second-order valence-corrected chi connectivity index (χ2v) is 9.72. The summed E-state index contributed by atoms with van der Waals surface area (Å²) >= 11 is 0. The van der Waals surface area contributed by atoms with Crippen LogP contribution in [0.5, 0.6) is 0 Å². The van der Waals surface area contributed by atoms with Crippen LogP contribution in [0.2, 0.25) is 0 Å². The van der Waals surface area contributed by atoms with E-state index in [0.29, 0.717) is 11.4 Å². The van der Waals surface area contributed by atoms with Gasteiger partial charge < -0.3 is 10.1 Å². The molecule has 0 saturated carbocycles. The average Bonchev–Trinajstić information content (AvgIpc) is 2.81. The van der Waals surface area contributed by atoms with Crippen LogP contribution in [0.25, 0.3) is 0 Å². The summed E-state index contributed by atoms with van der Waals surface area (Å²) in [5.74, 6) is -0.370. The van der Waals surface area contributed by atoms with E-state index in [2.05, 4.69) is 14.9 Å². The van der Waals surface area contributed by atoms with Crippen molar-refractivity contribution in [3.05, 3.63) is 89.5 Å². The van der Waals surface area contributed by atoms with Gasteiger partial charge in [0.05, 0.1) is 18.1 Å². The molecule has 0 radical (unpaired) electrons. The lowest BCUT2D eigenvalue weighted by molar-refractivity contribution is 0.0342. The van der Waals surface area contributed by atoms with E-state index in [-0.39, 0.29) is 16.4 Å². The molecule has 3 aromatic rings. The Morgan fingerprint density at radius 2 is 1.67 bits per heavy atom. The van der Waals surface area contributed by atoms with Crippen LogP contribution in [-0.4, -0.2) is 45.5 Å². The van der Waals surface area contributed by atoms with Crippen LogP contribution in [-0.2, 0) is 21.3 Å². The molecule has 172 valence electrons. The third-order valence-electron chi connectivity index (χ3n) is 5.41. The second-order valence-electron chi connectivity index (χ2n) is 8.04. The number of morpholine rings is 1. The van der Waals surface area contributed by atoms with Crippen LogP contribution >= 0.6 is 0 Å². The number of sulfonamides is 1. The molecule has 1 saturated heterocycles. The van der Waals surface area contributed by atoms with E-state index in [0.717, 1.165) is 44.0 Å². The summed E-state index contributed by atoms with van der Waals surface area (Å²) < 4.78 is 33.5. The summed E-state index contributed by atoms with van der Waals surface area (Å²) in [5, 5.41) is 2.87. The van der Waals surface area contributed by atoms with Crippen molar-refractivity contribution < 1.29 is 17.9 Å². The number of carbonyl (C=O) groups is 1. The van der Waals surface area contributed by atoms with Crippen LogP contribution in [0.15, 0.2) is 77.7 Å². The van der Waals surface area contributed by atoms with Crippen molar-refractivity contribution in [3.63, 3.8) is 0 Å². The van der Waals surface area contributed by atoms with Crippen molar-refractivity contribution in [2.45, 2.75) is 18.4 Å². The molecule has 7 nitrogen and oxygen atoms in total. The van der Waals surface area contributed by atoms with Gasteiger partial charge in [0.1, 0.15) is 0 Å². The Bertz CT molecular complexity index is 1220. The van der Waals surface area contributed by atoms with Crippen molar-refractivity contribution in [2.75, 3.05) is 36.3 Å². The molecule has 0 unspecified atom stereocenters. The summed E-state index contributed by atoms with van der Waals surface area (Å²) in [7, 11) is -3.82. The van der Waals surface area contributed by atoms with E-state index in [9.17, 15) is 13.2 Å². The highest BCUT2D eigenvalue weighted by molar-refractivity contribution is 7.92. The lowest BCUT2D eigenvalue weighted by Crippen LogP contribution is -2.35. The van der Waals surface area contributed by atoms with Crippen molar-refractivity contribution >= 4 is 27.3 Å². The van der Waals surface area contributed by atoms with Crippen LogP contribution in [0.4, 0.5) is 11.4 Å². The van der Waals surface area contributed by atoms with Crippen molar-refractivity contribution in [1.82, 2.24) is 4.90 Å². The maximum atomic E-state index is 12.8. The molecule has 33 heavy (non-hydrogen) atoms. The molecular formula is C25H27N3O4S. The largest absolute Gasteiger partial charge is 0.379 e. The highest BCUT2D eigenvalue weighted by Crippen LogP contribution is 2.19. The van der Waals surface area contributed by atoms with Crippen LogP contribution < -0.4 is 10.0 Å². The minimum atomic E-state index is -3.82. The number of amides is 1. The zero-order chi connectivity index (χ0) is 23.3.